The average molecular weight is 597 g/mol. The highest BCUT2D eigenvalue weighted by atomic mass is 16.5. The first-order valence-corrected chi connectivity index (χ1v) is 13.2. The normalized spacial score (nSPS) is 9.02. The summed E-state index contributed by atoms with van der Waals surface area (Å²) in [4.78, 5) is 31.7. The fourth-order valence-corrected chi connectivity index (χ4v) is 3.43. The number of carbonyl (C=O) groups is 3. The number of aromatic hydroxyl groups is 3. The largest absolute Gasteiger partial charge is 0.508 e. The van der Waals surface area contributed by atoms with E-state index in [9.17, 15) is 29.7 Å². The van der Waals surface area contributed by atoms with Crippen LogP contribution in [0.2, 0.25) is 0 Å². The highest BCUT2D eigenvalue weighted by Gasteiger charge is 2.11. The van der Waals surface area contributed by atoms with Crippen molar-refractivity contribution < 1.29 is 48.7 Å². The summed E-state index contributed by atoms with van der Waals surface area (Å²) in [6.07, 6.45) is 2.07. The molecule has 10 heteroatoms. The molecule has 43 heavy (non-hydrogen) atoms. The van der Waals surface area contributed by atoms with Gasteiger partial charge in [0.25, 0.3) is 0 Å². The Bertz CT molecular complexity index is 1400. The number of rotatable bonds is 7. The van der Waals surface area contributed by atoms with Crippen molar-refractivity contribution in [3.63, 3.8) is 0 Å². The lowest BCUT2D eigenvalue weighted by molar-refractivity contribution is 0.111. The van der Waals surface area contributed by atoms with E-state index in [1.54, 1.807) is 12.1 Å². The van der Waals surface area contributed by atoms with E-state index in [4.69, 9.17) is 18.9 Å². The number of carbonyl (C=O) groups excluding carboxylic acids is 3. The van der Waals surface area contributed by atoms with Gasteiger partial charge in [-0.2, -0.15) is 0 Å². The maximum atomic E-state index is 10.7. The second-order valence-electron chi connectivity index (χ2n) is 7.61. The lowest BCUT2D eigenvalue weighted by atomic mass is 10.0. The Labute approximate surface area is 252 Å². The van der Waals surface area contributed by atoms with Crippen LogP contribution in [0.3, 0.4) is 0 Å². The Kier molecular flexibility index (Phi) is 18.1. The van der Waals surface area contributed by atoms with Crippen LogP contribution in [-0.2, 0) is 0 Å². The van der Waals surface area contributed by atoms with Crippen molar-refractivity contribution in [3.8, 4) is 40.2 Å². The standard InChI is InChI=1S/C11H8O2.2C9H10O4.2C2H6/c12-7-8-5-6-11(13)10-4-2-1-3-9(8)10;1-12-8-3-6(11)4-9(13-2)7(8)5-10;1-12-7-3-6(5-10)4-8(13-2)9(7)11;2*1-2/h1-7,13H;2*3-5,11H,1-2H3;2*1-2H3. The minimum Gasteiger partial charge on any atom is -0.508 e. The molecule has 3 N–H and O–H groups in total. The molecule has 0 fully saturated rings. The van der Waals surface area contributed by atoms with Gasteiger partial charge in [0.1, 0.15) is 29.3 Å². The molecule has 0 aliphatic rings. The first-order valence-electron chi connectivity index (χ1n) is 13.2. The van der Waals surface area contributed by atoms with Gasteiger partial charge in [0.15, 0.2) is 24.1 Å². The van der Waals surface area contributed by atoms with Gasteiger partial charge in [-0.05, 0) is 29.7 Å². The summed E-state index contributed by atoms with van der Waals surface area (Å²) >= 11 is 0. The summed E-state index contributed by atoms with van der Waals surface area (Å²) in [5.41, 5.74) is 1.29. The molecular weight excluding hydrogens is 556 g/mol. The SMILES string of the molecule is CC.CC.COc1cc(C=O)cc(OC)c1O.COc1cc(O)cc(OC)c1C=O.O=Cc1ccc(O)c2ccccc12. The van der Waals surface area contributed by atoms with Crippen molar-refractivity contribution in [2.75, 3.05) is 28.4 Å². The number of hydrogen-bond donors (Lipinski definition) is 3. The maximum absolute atomic E-state index is 10.7. The van der Waals surface area contributed by atoms with Crippen LogP contribution in [-0.4, -0.2) is 62.6 Å². The molecule has 0 heterocycles. The highest BCUT2D eigenvalue weighted by molar-refractivity contribution is 6.00. The summed E-state index contributed by atoms with van der Waals surface area (Å²) < 4.78 is 19.5. The molecule has 10 nitrogen and oxygen atoms in total. The van der Waals surface area contributed by atoms with Gasteiger partial charge in [0.05, 0.1) is 34.0 Å². The number of fused-ring (bicyclic) bond motifs is 1. The monoisotopic (exact) mass is 596 g/mol. The predicted molar refractivity (Wildman–Crippen MR) is 167 cm³/mol. The summed E-state index contributed by atoms with van der Waals surface area (Å²) in [6.45, 7) is 8.00. The number of ether oxygens (including phenoxy) is 4. The van der Waals surface area contributed by atoms with Gasteiger partial charge in [-0.25, -0.2) is 0 Å². The molecule has 0 saturated heterocycles. The Morgan fingerprint density at radius 2 is 1.02 bits per heavy atom. The second kappa shape index (κ2) is 20.6. The van der Waals surface area contributed by atoms with Crippen LogP contribution in [0.1, 0.15) is 58.8 Å². The molecule has 0 saturated carbocycles. The molecular formula is C33H40O10. The average Bonchev–Trinajstić information content (AvgIpc) is 3.07. The van der Waals surface area contributed by atoms with Gasteiger partial charge in [-0.3, -0.25) is 14.4 Å². The molecule has 0 amide bonds. The first kappa shape index (κ1) is 37.8. The minimum absolute atomic E-state index is 0.000648. The maximum Gasteiger partial charge on any atom is 0.200 e. The first-order chi connectivity index (χ1) is 20.8. The van der Waals surface area contributed by atoms with Crippen LogP contribution in [0.5, 0.6) is 40.2 Å². The van der Waals surface area contributed by atoms with Gasteiger partial charge in [-0.15, -0.1) is 0 Å². The van der Waals surface area contributed by atoms with E-state index >= 15 is 0 Å². The van der Waals surface area contributed by atoms with Crippen molar-refractivity contribution in [3.05, 3.63) is 77.4 Å². The van der Waals surface area contributed by atoms with E-state index in [0.29, 0.717) is 46.1 Å². The van der Waals surface area contributed by atoms with Crippen molar-refractivity contribution in [2.24, 2.45) is 0 Å². The van der Waals surface area contributed by atoms with Crippen LogP contribution < -0.4 is 18.9 Å². The van der Waals surface area contributed by atoms with Crippen LogP contribution in [0.15, 0.2) is 60.7 Å². The molecule has 4 aromatic rings. The molecule has 0 bridgehead atoms. The molecule has 0 radical (unpaired) electrons. The van der Waals surface area contributed by atoms with E-state index in [-0.39, 0.29) is 28.7 Å². The van der Waals surface area contributed by atoms with Crippen LogP contribution in [0.25, 0.3) is 10.8 Å². The van der Waals surface area contributed by atoms with E-state index in [2.05, 4.69) is 0 Å². The second-order valence-corrected chi connectivity index (χ2v) is 7.61. The molecule has 0 aliphatic heterocycles. The van der Waals surface area contributed by atoms with Crippen molar-refractivity contribution in [2.45, 2.75) is 27.7 Å². The van der Waals surface area contributed by atoms with Crippen molar-refractivity contribution in [1.29, 1.82) is 0 Å². The van der Waals surface area contributed by atoms with E-state index in [1.165, 1.54) is 58.8 Å². The Hall–Kier alpha value is -5.25. The number of phenols is 3. The Morgan fingerprint density at radius 1 is 0.558 bits per heavy atom. The van der Waals surface area contributed by atoms with Gasteiger partial charge in [0, 0.05) is 28.6 Å². The van der Waals surface area contributed by atoms with E-state index in [0.717, 1.165) is 11.7 Å². The summed E-state index contributed by atoms with van der Waals surface area (Å²) in [6, 6.07) is 16.0. The Morgan fingerprint density at radius 3 is 1.42 bits per heavy atom. The van der Waals surface area contributed by atoms with Crippen LogP contribution in [0.4, 0.5) is 0 Å². The zero-order chi connectivity index (χ0) is 32.9. The van der Waals surface area contributed by atoms with Crippen molar-refractivity contribution in [1.82, 2.24) is 0 Å². The van der Waals surface area contributed by atoms with Crippen molar-refractivity contribution >= 4 is 29.6 Å². The number of methoxy groups -OCH3 is 4. The number of benzene rings is 4. The zero-order valence-electron chi connectivity index (χ0n) is 25.7. The summed E-state index contributed by atoms with van der Waals surface area (Å²) in [5.74, 6) is 1.15. The fraction of sp³-hybridized carbons (Fsp3) is 0.242. The van der Waals surface area contributed by atoms with E-state index in [1.807, 2.05) is 45.9 Å². The molecule has 4 rings (SSSR count). The van der Waals surface area contributed by atoms with E-state index < -0.39 is 0 Å². The summed E-state index contributed by atoms with van der Waals surface area (Å²) in [5, 5.41) is 29.6. The molecule has 232 valence electrons. The predicted octanol–water partition coefficient (Wildman–Crippen LogP) is 6.85. The fourth-order valence-electron chi connectivity index (χ4n) is 3.43. The van der Waals surface area contributed by atoms with Crippen LogP contribution in [0, 0.1) is 0 Å². The highest BCUT2D eigenvalue weighted by Crippen LogP contribution is 2.36. The molecule has 0 unspecified atom stereocenters. The number of hydrogen-bond acceptors (Lipinski definition) is 10. The van der Waals surface area contributed by atoms with Gasteiger partial charge < -0.3 is 34.3 Å². The van der Waals surface area contributed by atoms with Gasteiger partial charge >= 0.3 is 0 Å². The molecule has 0 aliphatic carbocycles. The molecule has 0 atom stereocenters. The molecule has 0 aromatic heterocycles. The van der Waals surface area contributed by atoms with Gasteiger partial charge in [0.2, 0.25) is 5.75 Å². The minimum atomic E-state index is -0.101. The third-order valence-electron chi connectivity index (χ3n) is 5.35. The number of aldehydes is 3. The topological polar surface area (TPSA) is 149 Å². The quantitative estimate of drug-likeness (QED) is 0.193. The Balaban J connectivity index is 0.000000580. The lowest BCUT2D eigenvalue weighted by Crippen LogP contribution is -1.95. The lowest BCUT2D eigenvalue weighted by Gasteiger charge is -2.08. The van der Waals surface area contributed by atoms with Gasteiger partial charge in [-0.1, -0.05) is 52.0 Å². The molecule has 0 spiro atoms. The van der Waals surface area contributed by atoms with Crippen LogP contribution >= 0.6 is 0 Å². The third kappa shape index (κ3) is 10.6. The third-order valence-corrected chi connectivity index (χ3v) is 5.35. The molecule has 4 aromatic carbocycles. The smallest absolute Gasteiger partial charge is 0.200 e. The summed E-state index contributed by atoms with van der Waals surface area (Å²) in [7, 11) is 5.65. The number of phenolic OH excluding ortho intramolecular Hbond substituents is 3. The zero-order valence-corrected chi connectivity index (χ0v) is 25.7.